The molecule has 0 bridgehead atoms. The van der Waals surface area contributed by atoms with Gasteiger partial charge >= 0.3 is 8.25 Å². The Hall–Kier alpha value is -2.57. The third-order valence-electron chi connectivity index (χ3n) is 4.67. The number of hydrogen-bond acceptors (Lipinski definition) is 6. The Bertz CT molecular complexity index is 860. The van der Waals surface area contributed by atoms with Gasteiger partial charge in [-0.1, -0.05) is 36.4 Å². The zero-order valence-electron chi connectivity index (χ0n) is 18.4. The number of aryl methyl sites for hydroxylation is 1. The van der Waals surface area contributed by atoms with Crippen molar-refractivity contribution in [2.24, 2.45) is 10.7 Å². The van der Waals surface area contributed by atoms with Crippen molar-refractivity contribution in [1.82, 2.24) is 5.32 Å². The first-order valence-electron chi connectivity index (χ1n) is 10.9. The molecule has 1 atom stereocenters. The highest BCUT2D eigenvalue weighted by atomic mass is 31.1. The molecule has 2 aromatic carbocycles. The largest absolute Gasteiger partial charge is 0.694 e. The number of nitrogens with two attached hydrogens (primary N) is 1. The van der Waals surface area contributed by atoms with Crippen LogP contribution in [-0.4, -0.2) is 30.9 Å². The minimum Gasteiger partial charge on any atom is -0.491 e. The highest BCUT2D eigenvalue weighted by Crippen LogP contribution is 2.29. The fourth-order valence-electron chi connectivity index (χ4n) is 3.08. The molecule has 4 N–H and O–H groups in total. The number of hydrogen-bond donors (Lipinski definition) is 3. The number of ether oxygens (including phenoxy) is 1. The van der Waals surface area contributed by atoms with Gasteiger partial charge in [-0.15, -0.1) is 9.42 Å². The van der Waals surface area contributed by atoms with Crippen LogP contribution in [0.5, 0.6) is 5.75 Å². The van der Waals surface area contributed by atoms with E-state index in [9.17, 15) is 4.57 Å². The average Bonchev–Trinajstić information content (AvgIpc) is 2.80. The lowest BCUT2D eigenvalue weighted by Crippen LogP contribution is -2.15. The van der Waals surface area contributed by atoms with E-state index in [0.717, 1.165) is 42.7 Å². The van der Waals surface area contributed by atoms with E-state index in [-0.39, 0.29) is 6.61 Å². The maximum Gasteiger partial charge on any atom is 0.694 e. The average molecular weight is 459 g/mol. The summed E-state index contributed by atoms with van der Waals surface area (Å²) in [6, 6.07) is 16.5. The summed E-state index contributed by atoms with van der Waals surface area (Å²) in [5.41, 5.74) is 8.59. The van der Waals surface area contributed by atoms with Crippen LogP contribution in [0, 0.1) is 0 Å². The first-order valence-corrected chi connectivity index (χ1v) is 12.0. The van der Waals surface area contributed by atoms with Gasteiger partial charge in [0.15, 0.2) is 0 Å². The monoisotopic (exact) mass is 458 g/mol. The molecular weight excluding hydrogens is 425 g/mol. The molecule has 32 heavy (non-hydrogen) atoms. The predicted molar refractivity (Wildman–Crippen MR) is 130 cm³/mol. The number of allylic oxidation sites excluding steroid dienone is 1. The zero-order valence-corrected chi connectivity index (χ0v) is 19.3. The third kappa shape index (κ3) is 11.2. The van der Waals surface area contributed by atoms with Crippen LogP contribution in [0.25, 0.3) is 0 Å². The number of unbranched alkanes of at least 4 members (excludes halogenated alkanes) is 2. The highest BCUT2D eigenvalue weighted by molar-refractivity contribution is 7.32. The summed E-state index contributed by atoms with van der Waals surface area (Å²) < 4.78 is 21.1. The molecule has 8 heteroatoms. The van der Waals surface area contributed by atoms with Crippen molar-refractivity contribution >= 4 is 20.2 Å². The lowest BCUT2D eigenvalue weighted by atomic mass is 10.1. The van der Waals surface area contributed by atoms with Gasteiger partial charge in [0.05, 0.1) is 6.61 Å². The van der Waals surface area contributed by atoms with Crippen LogP contribution in [-0.2, 0) is 22.1 Å². The lowest BCUT2D eigenvalue weighted by molar-refractivity contribution is 0.276. The van der Waals surface area contributed by atoms with E-state index in [2.05, 4.69) is 39.1 Å². The summed E-state index contributed by atoms with van der Waals surface area (Å²) in [5, 5.41) is 3.29. The Morgan fingerprint density at radius 2 is 1.88 bits per heavy atom. The Morgan fingerprint density at radius 3 is 2.66 bits per heavy atom. The molecule has 172 valence electrons. The minimum atomic E-state index is -2.52. The van der Waals surface area contributed by atoms with Gasteiger partial charge in [0.2, 0.25) is 0 Å². The van der Waals surface area contributed by atoms with Gasteiger partial charge in [0.25, 0.3) is 0 Å². The summed E-state index contributed by atoms with van der Waals surface area (Å²) in [7, 11) is -2.52. The minimum absolute atomic E-state index is 0.248. The van der Waals surface area contributed by atoms with Crippen molar-refractivity contribution in [2.75, 3.05) is 19.8 Å². The van der Waals surface area contributed by atoms with Crippen LogP contribution in [0.3, 0.4) is 0 Å². The van der Waals surface area contributed by atoms with Gasteiger partial charge in [0, 0.05) is 17.3 Å². The van der Waals surface area contributed by atoms with E-state index >= 15 is 0 Å². The smallest absolute Gasteiger partial charge is 0.491 e. The Labute approximate surface area is 191 Å². The fraction of sp³-hybridized carbons (Fsp3) is 0.375. The maximum atomic E-state index is 10.5. The first-order chi connectivity index (χ1) is 15.7. The Morgan fingerprint density at radius 1 is 1.03 bits per heavy atom. The van der Waals surface area contributed by atoms with Crippen molar-refractivity contribution in [1.29, 1.82) is 0 Å². The molecule has 0 heterocycles. The van der Waals surface area contributed by atoms with Crippen molar-refractivity contribution in [3.05, 3.63) is 71.9 Å². The van der Waals surface area contributed by atoms with E-state index in [4.69, 9.17) is 15.4 Å². The molecule has 0 spiro atoms. The van der Waals surface area contributed by atoms with E-state index in [1.165, 1.54) is 11.8 Å². The molecule has 0 amide bonds. The second-order valence-electron chi connectivity index (χ2n) is 7.21. The van der Waals surface area contributed by atoms with Crippen LogP contribution < -0.4 is 15.8 Å². The lowest BCUT2D eigenvalue weighted by Gasteiger charge is -2.11. The molecule has 2 aromatic rings. The van der Waals surface area contributed by atoms with Crippen molar-refractivity contribution in [2.45, 2.75) is 38.6 Å². The normalized spacial score (nSPS) is 12.0. The number of nitrogens with one attached hydrogen (secondary N) is 1. The molecule has 1 unspecified atom stereocenters. The SMILES string of the molecule is NC=CC=Nc1cc(CNCCCO[P+](=O)O)ccc1OCCCCCc1ccccc1. The Balaban J connectivity index is 1.78. The third-order valence-corrected chi connectivity index (χ3v) is 5.08. The second-order valence-corrected chi connectivity index (χ2v) is 7.95. The molecule has 0 fully saturated rings. The number of aliphatic imine (C=N–C) groups is 1. The van der Waals surface area contributed by atoms with E-state index in [0.29, 0.717) is 26.1 Å². The second kappa shape index (κ2) is 16.1. The predicted octanol–water partition coefficient (Wildman–Crippen LogP) is 4.80. The van der Waals surface area contributed by atoms with E-state index in [1.54, 1.807) is 12.3 Å². The molecule has 0 radical (unpaired) electrons. The number of benzene rings is 2. The van der Waals surface area contributed by atoms with Gasteiger partial charge in [-0.3, -0.25) is 4.99 Å². The first kappa shape index (κ1) is 25.7. The molecule has 7 nitrogen and oxygen atoms in total. The van der Waals surface area contributed by atoms with E-state index in [1.807, 2.05) is 24.3 Å². The summed E-state index contributed by atoms with van der Waals surface area (Å²) >= 11 is 0. The zero-order chi connectivity index (χ0) is 22.9. The summed E-state index contributed by atoms with van der Waals surface area (Å²) in [6.45, 7) is 2.23. The standard InChI is InChI=1S/C24H32N3O4P/c25-14-7-16-27-23-19-22(20-26-15-8-18-31-32(28)29)12-13-24(23)30-17-6-2-5-11-21-9-3-1-4-10-21/h1,3-4,7,9-10,12-14,16,19,26H,2,5-6,8,11,15,17-18,20,25H2/p+1. The quantitative estimate of drug-likeness (QED) is 0.190. The van der Waals surface area contributed by atoms with Gasteiger partial charge in [-0.2, -0.15) is 0 Å². The van der Waals surface area contributed by atoms with Crippen molar-refractivity contribution < 1.29 is 18.7 Å². The molecule has 0 saturated carbocycles. The highest BCUT2D eigenvalue weighted by Gasteiger charge is 2.10. The summed E-state index contributed by atoms with van der Waals surface area (Å²) in [5.74, 6) is 0.749. The van der Waals surface area contributed by atoms with Crippen LogP contribution in [0.15, 0.2) is 65.8 Å². The molecule has 0 aliphatic carbocycles. The fourth-order valence-corrected chi connectivity index (χ4v) is 3.36. The summed E-state index contributed by atoms with van der Waals surface area (Å²) in [6.07, 6.45) is 9.74. The maximum absolute atomic E-state index is 10.5. The molecule has 0 aliphatic heterocycles. The van der Waals surface area contributed by atoms with Gasteiger partial charge in [0.1, 0.15) is 18.0 Å². The van der Waals surface area contributed by atoms with E-state index < -0.39 is 8.25 Å². The molecular formula is C24H33N3O4P+. The van der Waals surface area contributed by atoms with Gasteiger partial charge in [-0.05, 0) is 74.2 Å². The van der Waals surface area contributed by atoms with Crippen LogP contribution in [0.1, 0.15) is 36.8 Å². The number of nitrogens with zero attached hydrogens (tertiary/aromatic N) is 1. The van der Waals surface area contributed by atoms with Gasteiger partial charge in [-0.25, -0.2) is 0 Å². The van der Waals surface area contributed by atoms with Crippen LogP contribution >= 0.6 is 8.25 Å². The van der Waals surface area contributed by atoms with Crippen molar-refractivity contribution in [3.8, 4) is 5.75 Å². The summed E-state index contributed by atoms with van der Waals surface area (Å²) in [4.78, 5) is 13.1. The molecule has 2 rings (SSSR count). The Kier molecular flexibility index (Phi) is 12.9. The van der Waals surface area contributed by atoms with Crippen LogP contribution in [0.4, 0.5) is 5.69 Å². The molecule has 0 aromatic heterocycles. The topological polar surface area (TPSA) is 106 Å². The van der Waals surface area contributed by atoms with Crippen LogP contribution in [0.2, 0.25) is 0 Å². The molecule has 0 saturated heterocycles. The number of rotatable bonds is 16. The molecule has 0 aliphatic rings. The van der Waals surface area contributed by atoms with Gasteiger partial charge < -0.3 is 15.8 Å². The van der Waals surface area contributed by atoms with Crippen molar-refractivity contribution in [3.63, 3.8) is 0 Å².